The predicted molar refractivity (Wildman–Crippen MR) is 63.9 cm³/mol. The Bertz CT molecular complexity index is 348. The standard InChI is InChI=1S/C13H17N/c1-10(2)13-7-5-6-12(11(13)3)8-9-14-4/h5-10H,4H2,1-3H3/b9-8-. The Balaban J connectivity index is 3.13. The highest BCUT2D eigenvalue weighted by Crippen LogP contribution is 2.22. The number of hydrogen-bond acceptors (Lipinski definition) is 1. The van der Waals surface area contributed by atoms with Gasteiger partial charge in [0.25, 0.3) is 0 Å². The zero-order valence-corrected chi connectivity index (χ0v) is 9.12. The Morgan fingerprint density at radius 3 is 2.64 bits per heavy atom. The van der Waals surface area contributed by atoms with E-state index >= 15 is 0 Å². The maximum Gasteiger partial charge on any atom is 0.0266 e. The second-order valence-corrected chi connectivity index (χ2v) is 3.71. The molecule has 0 radical (unpaired) electrons. The topological polar surface area (TPSA) is 12.4 Å². The lowest BCUT2D eigenvalue weighted by molar-refractivity contribution is 0.856. The molecule has 1 aromatic rings. The molecule has 0 heterocycles. The van der Waals surface area contributed by atoms with Gasteiger partial charge in [0.2, 0.25) is 0 Å². The first-order valence-electron chi connectivity index (χ1n) is 4.88. The molecule has 0 fully saturated rings. The van der Waals surface area contributed by atoms with Crippen LogP contribution in [0, 0.1) is 6.92 Å². The predicted octanol–water partition coefficient (Wildman–Crippen LogP) is 3.79. The molecule has 1 rings (SSSR count). The van der Waals surface area contributed by atoms with Crippen molar-refractivity contribution in [3.8, 4) is 0 Å². The Kier molecular flexibility index (Phi) is 3.63. The lowest BCUT2D eigenvalue weighted by Crippen LogP contribution is -1.93. The number of aliphatic imine (C=N–C) groups is 1. The average Bonchev–Trinajstić information content (AvgIpc) is 2.16. The van der Waals surface area contributed by atoms with E-state index < -0.39 is 0 Å². The molecule has 0 bridgehead atoms. The summed E-state index contributed by atoms with van der Waals surface area (Å²) in [6.45, 7) is 10.00. The summed E-state index contributed by atoms with van der Waals surface area (Å²) in [6.07, 6.45) is 3.72. The molecule has 1 heteroatoms. The fraction of sp³-hybridized carbons (Fsp3) is 0.308. The van der Waals surface area contributed by atoms with Crippen molar-refractivity contribution < 1.29 is 0 Å². The van der Waals surface area contributed by atoms with Crippen molar-refractivity contribution in [1.29, 1.82) is 0 Å². The highest BCUT2D eigenvalue weighted by atomic mass is 14.6. The van der Waals surface area contributed by atoms with E-state index in [0.717, 1.165) is 0 Å². The van der Waals surface area contributed by atoms with Gasteiger partial charge in [0, 0.05) is 6.20 Å². The van der Waals surface area contributed by atoms with E-state index in [1.54, 1.807) is 6.20 Å². The summed E-state index contributed by atoms with van der Waals surface area (Å²) in [4.78, 5) is 3.72. The van der Waals surface area contributed by atoms with Crippen molar-refractivity contribution in [3.05, 3.63) is 41.1 Å². The first-order valence-corrected chi connectivity index (χ1v) is 4.88. The van der Waals surface area contributed by atoms with Crippen LogP contribution in [0.4, 0.5) is 0 Å². The third-order valence-corrected chi connectivity index (χ3v) is 2.40. The maximum atomic E-state index is 3.72. The summed E-state index contributed by atoms with van der Waals surface area (Å²) < 4.78 is 0. The fourth-order valence-electron chi connectivity index (χ4n) is 1.61. The molecular weight excluding hydrogens is 170 g/mol. The van der Waals surface area contributed by atoms with Gasteiger partial charge < -0.3 is 0 Å². The molecule has 0 spiro atoms. The monoisotopic (exact) mass is 187 g/mol. The Morgan fingerprint density at radius 1 is 1.36 bits per heavy atom. The lowest BCUT2D eigenvalue weighted by Gasteiger charge is -2.11. The van der Waals surface area contributed by atoms with Gasteiger partial charge in [0.05, 0.1) is 0 Å². The smallest absolute Gasteiger partial charge is 0.0266 e. The lowest BCUT2D eigenvalue weighted by atomic mass is 9.94. The maximum absolute atomic E-state index is 3.72. The summed E-state index contributed by atoms with van der Waals surface area (Å²) in [7, 11) is 0. The fourth-order valence-corrected chi connectivity index (χ4v) is 1.61. The molecule has 0 amide bonds. The van der Waals surface area contributed by atoms with Crippen molar-refractivity contribution in [2.24, 2.45) is 4.99 Å². The molecule has 0 aliphatic rings. The van der Waals surface area contributed by atoms with Crippen LogP contribution >= 0.6 is 0 Å². The molecule has 0 unspecified atom stereocenters. The van der Waals surface area contributed by atoms with Gasteiger partial charge in [-0.2, -0.15) is 0 Å². The number of hydrogen-bond donors (Lipinski definition) is 0. The molecule has 0 atom stereocenters. The minimum absolute atomic E-state index is 0.569. The van der Waals surface area contributed by atoms with Crippen LogP contribution in [0.25, 0.3) is 6.08 Å². The summed E-state index contributed by atoms with van der Waals surface area (Å²) >= 11 is 0. The molecule has 1 aromatic carbocycles. The van der Waals surface area contributed by atoms with Gasteiger partial charge in [0.15, 0.2) is 0 Å². The first kappa shape index (κ1) is 10.7. The van der Waals surface area contributed by atoms with E-state index in [0.29, 0.717) is 5.92 Å². The van der Waals surface area contributed by atoms with Crippen molar-refractivity contribution in [1.82, 2.24) is 0 Å². The second-order valence-electron chi connectivity index (χ2n) is 3.71. The van der Waals surface area contributed by atoms with E-state index in [1.165, 1.54) is 16.7 Å². The number of rotatable bonds is 3. The van der Waals surface area contributed by atoms with Crippen LogP contribution in [0.3, 0.4) is 0 Å². The van der Waals surface area contributed by atoms with Crippen LogP contribution < -0.4 is 0 Å². The molecule has 0 saturated heterocycles. The molecule has 0 aliphatic heterocycles. The highest BCUT2D eigenvalue weighted by molar-refractivity contribution is 5.56. The van der Waals surface area contributed by atoms with Gasteiger partial charge in [-0.1, -0.05) is 32.0 Å². The van der Waals surface area contributed by atoms with Crippen molar-refractivity contribution in [2.75, 3.05) is 0 Å². The van der Waals surface area contributed by atoms with Gasteiger partial charge in [0.1, 0.15) is 0 Å². The molecule has 14 heavy (non-hydrogen) atoms. The van der Waals surface area contributed by atoms with Crippen molar-refractivity contribution in [2.45, 2.75) is 26.7 Å². The number of nitrogens with zero attached hydrogens (tertiary/aromatic N) is 1. The Hall–Kier alpha value is -1.37. The van der Waals surface area contributed by atoms with Gasteiger partial charge in [-0.05, 0) is 42.3 Å². The Morgan fingerprint density at radius 2 is 2.07 bits per heavy atom. The van der Waals surface area contributed by atoms with Crippen LogP contribution in [0.2, 0.25) is 0 Å². The molecule has 0 aromatic heterocycles. The van der Waals surface area contributed by atoms with Crippen LogP contribution in [-0.4, -0.2) is 6.72 Å². The average molecular weight is 187 g/mol. The zero-order chi connectivity index (χ0) is 10.6. The molecule has 0 N–H and O–H groups in total. The zero-order valence-electron chi connectivity index (χ0n) is 9.12. The normalized spacial score (nSPS) is 11.1. The molecule has 74 valence electrons. The van der Waals surface area contributed by atoms with Crippen LogP contribution in [0.5, 0.6) is 0 Å². The van der Waals surface area contributed by atoms with Crippen LogP contribution in [-0.2, 0) is 0 Å². The summed E-state index contributed by atoms with van der Waals surface area (Å²) in [5.74, 6) is 0.569. The molecule has 1 nitrogen and oxygen atoms in total. The SMILES string of the molecule is C=N/C=C\c1cccc(C(C)C)c1C. The van der Waals surface area contributed by atoms with Gasteiger partial charge in [-0.3, -0.25) is 4.99 Å². The van der Waals surface area contributed by atoms with Gasteiger partial charge in [-0.15, -0.1) is 0 Å². The summed E-state index contributed by atoms with van der Waals surface area (Å²) in [6, 6.07) is 6.37. The van der Waals surface area contributed by atoms with Crippen molar-refractivity contribution in [3.63, 3.8) is 0 Å². The largest absolute Gasteiger partial charge is 0.272 e. The molecular formula is C13H17N. The van der Waals surface area contributed by atoms with E-state index in [1.807, 2.05) is 6.08 Å². The molecule has 0 aliphatic carbocycles. The van der Waals surface area contributed by atoms with Crippen molar-refractivity contribution >= 4 is 12.8 Å². The third kappa shape index (κ3) is 2.32. The minimum atomic E-state index is 0.569. The van der Waals surface area contributed by atoms with Gasteiger partial charge in [-0.25, -0.2) is 0 Å². The van der Waals surface area contributed by atoms with E-state index in [2.05, 4.69) is 50.7 Å². The van der Waals surface area contributed by atoms with Crippen LogP contribution in [0.15, 0.2) is 29.4 Å². The molecule has 0 saturated carbocycles. The third-order valence-electron chi connectivity index (χ3n) is 2.40. The summed E-state index contributed by atoms with van der Waals surface area (Å²) in [5.41, 5.74) is 3.96. The quantitative estimate of drug-likeness (QED) is 0.638. The second kappa shape index (κ2) is 4.75. The number of benzene rings is 1. The van der Waals surface area contributed by atoms with E-state index in [-0.39, 0.29) is 0 Å². The van der Waals surface area contributed by atoms with Crippen LogP contribution in [0.1, 0.15) is 36.5 Å². The first-order chi connectivity index (χ1) is 6.66. The van der Waals surface area contributed by atoms with E-state index in [4.69, 9.17) is 0 Å². The summed E-state index contributed by atoms with van der Waals surface area (Å²) in [5, 5.41) is 0. The minimum Gasteiger partial charge on any atom is -0.272 e. The van der Waals surface area contributed by atoms with E-state index in [9.17, 15) is 0 Å². The highest BCUT2D eigenvalue weighted by Gasteiger charge is 2.04. The Labute approximate surface area is 86.2 Å². The van der Waals surface area contributed by atoms with Gasteiger partial charge >= 0.3 is 0 Å².